The molecule has 5 atom stereocenters. The molecular formula is C85H162O17P2. The highest BCUT2D eigenvalue weighted by atomic mass is 31.2. The minimum Gasteiger partial charge on any atom is -0.462 e. The maximum Gasteiger partial charge on any atom is 0.472 e. The third-order valence-corrected chi connectivity index (χ3v) is 21.4. The van der Waals surface area contributed by atoms with Crippen LogP contribution >= 0.6 is 15.6 Å². The standard InChI is InChI=1S/C85H162O17P2/c1-5-9-13-17-21-25-29-33-36-38-39-40-41-42-45-48-52-56-60-64-68-72-85(90)102-81(76-96-83(88)70-66-62-58-54-50-46-44-37-34-30-26-22-18-14-10-6-2)78-100-104(93,94)98-74-79(86)73-97-103(91,92)99-77-80(75-95-82(87)69-65-61-57-53-49-32-28-24-20-16-12-8-4)101-84(89)71-67-63-59-55-51-47-43-35-31-27-23-19-15-11-7-3/h27,31,35,43,79-81,86H,5-26,28-30,32-34,36-42,44-78H2,1-4H3,(H,91,92)(H,93,94)/b31-27-,43-35-/t79-,80+,81+/m0/s1. The van der Waals surface area contributed by atoms with Gasteiger partial charge in [-0.15, -0.1) is 0 Å². The second kappa shape index (κ2) is 78.7. The zero-order chi connectivity index (χ0) is 76.0. The first-order valence-corrected chi connectivity index (χ1v) is 46.6. The van der Waals surface area contributed by atoms with Gasteiger partial charge in [-0.3, -0.25) is 37.3 Å². The van der Waals surface area contributed by atoms with E-state index >= 15 is 0 Å². The highest BCUT2D eigenvalue weighted by Gasteiger charge is 2.30. The Hall–Kier alpha value is -2.46. The Morgan fingerprint density at radius 2 is 0.462 bits per heavy atom. The number of esters is 4. The van der Waals surface area contributed by atoms with Gasteiger partial charge in [-0.1, -0.05) is 386 Å². The average Bonchev–Trinajstić information content (AvgIpc) is 0.926. The topological polar surface area (TPSA) is 237 Å². The molecule has 614 valence electrons. The van der Waals surface area contributed by atoms with Gasteiger partial charge in [0.1, 0.15) is 19.3 Å². The number of carbonyl (C=O) groups excluding carboxylic acids is 4. The lowest BCUT2D eigenvalue weighted by atomic mass is 10.0. The van der Waals surface area contributed by atoms with E-state index in [0.717, 1.165) is 103 Å². The molecule has 0 spiro atoms. The van der Waals surface area contributed by atoms with E-state index in [4.69, 9.17) is 37.0 Å². The first-order valence-electron chi connectivity index (χ1n) is 43.6. The van der Waals surface area contributed by atoms with Gasteiger partial charge in [0.05, 0.1) is 26.4 Å². The van der Waals surface area contributed by atoms with Crippen LogP contribution in [0, 0.1) is 0 Å². The van der Waals surface area contributed by atoms with E-state index in [-0.39, 0.29) is 25.7 Å². The van der Waals surface area contributed by atoms with E-state index in [9.17, 15) is 43.2 Å². The first-order chi connectivity index (χ1) is 50.7. The van der Waals surface area contributed by atoms with Crippen molar-refractivity contribution >= 4 is 39.5 Å². The zero-order valence-electron chi connectivity index (χ0n) is 67.5. The number of unbranched alkanes of at least 4 members (excludes halogenated alkanes) is 55. The predicted octanol–water partition coefficient (Wildman–Crippen LogP) is 25.7. The summed E-state index contributed by atoms with van der Waals surface area (Å²) in [6, 6.07) is 0. The number of carbonyl (C=O) groups is 4. The van der Waals surface area contributed by atoms with E-state index in [1.165, 1.54) is 257 Å². The molecule has 0 radical (unpaired) electrons. The molecule has 19 heteroatoms. The van der Waals surface area contributed by atoms with Gasteiger partial charge in [-0.2, -0.15) is 0 Å². The number of hydrogen-bond acceptors (Lipinski definition) is 15. The van der Waals surface area contributed by atoms with Crippen LogP contribution in [0.5, 0.6) is 0 Å². The minimum absolute atomic E-state index is 0.0861. The van der Waals surface area contributed by atoms with Crippen molar-refractivity contribution in [2.24, 2.45) is 0 Å². The molecule has 0 aliphatic rings. The Morgan fingerprint density at radius 1 is 0.269 bits per heavy atom. The molecule has 0 aromatic heterocycles. The summed E-state index contributed by atoms with van der Waals surface area (Å²) in [6.07, 6.45) is 75.7. The van der Waals surface area contributed by atoms with Crippen LogP contribution in [0.2, 0.25) is 0 Å². The van der Waals surface area contributed by atoms with Crippen LogP contribution in [0.3, 0.4) is 0 Å². The Kier molecular flexibility index (Phi) is 76.8. The molecule has 17 nitrogen and oxygen atoms in total. The summed E-state index contributed by atoms with van der Waals surface area (Å²) in [5.41, 5.74) is 0. The van der Waals surface area contributed by atoms with Crippen LogP contribution in [-0.4, -0.2) is 96.7 Å². The molecule has 0 aromatic carbocycles. The van der Waals surface area contributed by atoms with E-state index in [0.29, 0.717) is 25.7 Å². The fraction of sp³-hybridized carbons (Fsp3) is 0.906. The van der Waals surface area contributed by atoms with E-state index in [1.807, 2.05) is 0 Å². The molecular weight excluding hydrogens is 1350 g/mol. The SMILES string of the molecule is CCCCCC/C=C\C=C/CCCCCCCC(=O)O[C@H](COC(=O)CCCCCCCCCCCCCC)COP(=O)(O)OC[C@H](O)COP(=O)(O)OC[C@@H](COC(=O)CCCCCCCCCCCCCCCCCC)OC(=O)CCCCCCCCCCCCCCCCCCCCCCC. The quantitative estimate of drug-likeness (QED) is 0.0169. The largest absolute Gasteiger partial charge is 0.472 e. The van der Waals surface area contributed by atoms with Gasteiger partial charge in [-0.25, -0.2) is 9.13 Å². The second-order valence-corrected chi connectivity index (χ2v) is 32.8. The van der Waals surface area contributed by atoms with Gasteiger partial charge in [-0.05, 0) is 51.4 Å². The van der Waals surface area contributed by atoms with Gasteiger partial charge < -0.3 is 33.8 Å². The molecule has 0 aliphatic carbocycles. The summed E-state index contributed by atoms with van der Waals surface area (Å²) in [4.78, 5) is 73.2. The molecule has 104 heavy (non-hydrogen) atoms. The van der Waals surface area contributed by atoms with E-state index in [2.05, 4.69) is 52.0 Å². The van der Waals surface area contributed by atoms with Crippen LogP contribution < -0.4 is 0 Å². The van der Waals surface area contributed by atoms with Crippen LogP contribution in [0.1, 0.15) is 439 Å². The summed E-state index contributed by atoms with van der Waals surface area (Å²) in [5.74, 6) is -2.13. The molecule has 0 aliphatic heterocycles. The lowest BCUT2D eigenvalue weighted by molar-refractivity contribution is -0.161. The number of phosphoric acid groups is 2. The molecule has 0 saturated heterocycles. The third kappa shape index (κ3) is 77.7. The molecule has 0 heterocycles. The minimum atomic E-state index is -4.97. The van der Waals surface area contributed by atoms with Crippen molar-refractivity contribution in [3.63, 3.8) is 0 Å². The van der Waals surface area contributed by atoms with Crippen LogP contribution in [0.15, 0.2) is 24.3 Å². The molecule has 0 bridgehead atoms. The van der Waals surface area contributed by atoms with Gasteiger partial charge in [0.15, 0.2) is 12.2 Å². The van der Waals surface area contributed by atoms with Crippen molar-refractivity contribution < 1.29 is 80.2 Å². The number of rotatable bonds is 84. The smallest absolute Gasteiger partial charge is 0.462 e. The van der Waals surface area contributed by atoms with E-state index in [1.54, 1.807) is 0 Å². The Labute approximate surface area is 637 Å². The Morgan fingerprint density at radius 3 is 0.702 bits per heavy atom. The molecule has 0 fully saturated rings. The van der Waals surface area contributed by atoms with Crippen molar-refractivity contribution in [1.29, 1.82) is 0 Å². The Bertz CT molecular complexity index is 2060. The summed E-state index contributed by atoms with van der Waals surface area (Å²) >= 11 is 0. The van der Waals surface area contributed by atoms with Gasteiger partial charge in [0, 0.05) is 25.7 Å². The number of aliphatic hydroxyl groups is 1. The van der Waals surface area contributed by atoms with Gasteiger partial charge in [0.2, 0.25) is 0 Å². The highest BCUT2D eigenvalue weighted by molar-refractivity contribution is 7.47. The molecule has 3 N–H and O–H groups in total. The molecule has 0 amide bonds. The van der Waals surface area contributed by atoms with E-state index < -0.39 is 97.5 Å². The summed E-state index contributed by atoms with van der Waals surface area (Å²) in [5, 5.41) is 10.7. The molecule has 0 rings (SSSR count). The second-order valence-electron chi connectivity index (χ2n) is 29.9. The maximum atomic E-state index is 13.1. The highest BCUT2D eigenvalue weighted by Crippen LogP contribution is 2.45. The molecule has 0 saturated carbocycles. The molecule has 2 unspecified atom stereocenters. The summed E-state index contributed by atoms with van der Waals surface area (Å²) in [6.45, 7) is 4.98. The first kappa shape index (κ1) is 102. The predicted molar refractivity (Wildman–Crippen MR) is 428 cm³/mol. The maximum absolute atomic E-state index is 13.1. The van der Waals surface area contributed by atoms with Crippen molar-refractivity contribution in [2.75, 3.05) is 39.6 Å². The van der Waals surface area contributed by atoms with Crippen LogP contribution in [0.25, 0.3) is 0 Å². The monoisotopic (exact) mass is 1520 g/mol. The number of hydrogen-bond donors (Lipinski definition) is 3. The lowest BCUT2D eigenvalue weighted by Gasteiger charge is -2.21. The fourth-order valence-corrected chi connectivity index (χ4v) is 14.4. The van der Waals surface area contributed by atoms with Crippen molar-refractivity contribution in [3.05, 3.63) is 24.3 Å². The Balaban J connectivity index is 5.27. The number of aliphatic hydroxyl groups excluding tert-OH is 1. The lowest BCUT2D eigenvalue weighted by Crippen LogP contribution is -2.30. The van der Waals surface area contributed by atoms with Gasteiger partial charge in [0.25, 0.3) is 0 Å². The number of allylic oxidation sites excluding steroid dienone is 4. The normalized spacial score (nSPS) is 13.9. The number of ether oxygens (including phenoxy) is 4. The van der Waals surface area contributed by atoms with Crippen molar-refractivity contribution in [1.82, 2.24) is 0 Å². The fourth-order valence-electron chi connectivity index (χ4n) is 12.8. The summed E-state index contributed by atoms with van der Waals surface area (Å²) in [7, 11) is -9.94. The third-order valence-electron chi connectivity index (χ3n) is 19.5. The summed E-state index contributed by atoms with van der Waals surface area (Å²) < 4.78 is 68.8. The van der Waals surface area contributed by atoms with Crippen LogP contribution in [-0.2, 0) is 65.4 Å². The van der Waals surface area contributed by atoms with Crippen molar-refractivity contribution in [2.45, 2.75) is 457 Å². The average molecular weight is 1520 g/mol. The van der Waals surface area contributed by atoms with Gasteiger partial charge >= 0.3 is 39.5 Å². The molecule has 0 aromatic rings. The zero-order valence-corrected chi connectivity index (χ0v) is 69.3. The van der Waals surface area contributed by atoms with Crippen LogP contribution in [0.4, 0.5) is 0 Å². The van der Waals surface area contributed by atoms with Crippen molar-refractivity contribution in [3.8, 4) is 0 Å². The number of phosphoric ester groups is 2.